The van der Waals surface area contributed by atoms with Crippen LogP contribution in [0, 0.1) is 0 Å². The lowest BCUT2D eigenvalue weighted by atomic mass is 10.3. The second-order valence-corrected chi connectivity index (χ2v) is 6.17. The van der Waals surface area contributed by atoms with Gasteiger partial charge in [0.2, 0.25) is 0 Å². The SMILES string of the molecule is CC(C)N(CC(=O)O)C(=O)N(Cc1ccsc1)C1CC1. The molecular formula is C14H20N2O3S. The van der Waals surface area contributed by atoms with Gasteiger partial charge in [0.1, 0.15) is 6.54 Å². The van der Waals surface area contributed by atoms with Crippen molar-refractivity contribution in [3.63, 3.8) is 0 Å². The molecule has 1 aliphatic carbocycles. The van der Waals surface area contributed by atoms with Gasteiger partial charge in [-0.3, -0.25) is 4.79 Å². The second kappa shape index (κ2) is 6.26. The van der Waals surface area contributed by atoms with Crippen molar-refractivity contribution < 1.29 is 14.7 Å². The molecule has 0 saturated heterocycles. The first-order valence-corrected chi connectivity index (χ1v) is 7.73. The zero-order chi connectivity index (χ0) is 14.7. The van der Waals surface area contributed by atoms with Crippen LogP contribution in [0.3, 0.4) is 0 Å². The first-order valence-electron chi connectivity index (χ1n) is 6.79. The molecular weight excluding hydrogens is 276 g/mol. The number of rotatable bonds is 6. The van der Waals surface area contributed by atoms with Gasteiger partial charge in [0.15, 0.2) is 0 Å². The molecule has 6 heteroatoms. The topological polar surface area (TPSA) is 60.9 Å². The molecule has 0 atom stereocenters. The van der Waals surface area contributed by atoms with Gasteiger partial charge in [-0.05, 0) is 49.1 Å². The van der Waals surface area contributed by atoms with Gasteiger partial charge < -0.3 is 14.9 Å². The van der Waals surface area contributed by atoms with E-state index in [0.717, 1.165) is 18.4 Å². The highest BCUT2D eigenvalue weighted by atomic mass is 32.1. The molecule has 1 aromatic rings. The number of urea groups is 1. The fourth-order valence-electron chi connectivity index (χ4n) is 2.10. The number of amides is 2. The average molecular weight is 296 g/mol. The first-order chi connectivity index (χ1) is 9.49. The Kier molecular flexibility index (Phi) is 4.65. The van der Waals surface area contributed by atoms with Crippen LogP contribution >= 0.6 is 11.3 Å². The van der Waals surface area contributed by atoms with Crippen LogP contribution in [-0.2, 0) is 11.3 Å². The van der Waals surface area contributed by atoms with E-state index in [2.05, 4.69) is 0 Å². The van der Waals surface area contributed by atoms with Gasteiger partial charge >= 0.3 is 12.0 Å². The maximum atomic E-state index is 12.6. The minimum absolute atomic E-state index is 0.123. The molecule has 1 fully saturated rings. The van der Waals surface area contributed by atoms with Crippen molar-refractivity contribution in [2.45, 2.75) is 45.3 Å². The van der Waals surface area contributed by atoms with Crippen LogP contribution in [0.15, 0.2) is 16.8 Å². The molecule has 0 spiro atoms. The number of hydrogen-bond donors (Lipinski definition) is 1. The third-order valence-corrected chi connectivity index (χ3v) is 4.07. The maximum absolute atomic E-state index is 12.6. The summed E-state index contributed by atoms with van der Waals surface area (Å²) in [4.78, 5) is 26.8. The summed E-state index contributed by atoms with van der Waals surface area (Å²) in [5.74, 6) is -0.974. The summed E-state index contributed by atoms with van der Waals surface area (Å²) >= 11 is 1.61. The molecule has 0 aliphatic heterocycles. The third-order valence-electron chi connectivity index (χ3n) is 3.34. The van der Waals surface area contributed by atoms with E-state index < -0.39 is 5.97 Å². The number of carboxylic acids is 1. The largest absolute Gasteiger partial charge is 0.480 e. The third kappa shape index (κ3) is 3.72. The lowest BCUT2D eigenvalue weighted by Crippen LogP contribution is -2.49. The lowest BCUT2D eigenvalue weighted by Gasteiger charge is -2.32. The smallest absolute Gasteiger partial charge is 0.323 e. The Morgan fingerprint density at radius 3 is 2.60 bits per heavy atom. The summed E-state index contributed by atoms with van der Waals surface area (Å²) < 4.78 is 0. The van der Waals surface area contributed by atoms with E-state index in [1.165, 1.54) is 4.90 Å². The average Bonchev–Trinajstić information content (AvgIpc) is 3.09. The van der Waals surface area contributed by atoms with Gasteiger partial charge in [0.05, 0.1) is 0 Å². The monoisotopic (exact) mass is 296 g/mol. The van der Waals surface area contributed by atoms with Crippen molar-refractivity contribution in [3.05, 3.63) is 22.4 Å². The summed E-state index contributed by atoms with van der Waals surface area (Å²) in [5.41, 5.74) is 1.11. The number of thiophene rings is 1. The Bertz CT molecular complexity index is 469. The van der Waals surface area contributed by atoms with E-state index in [1.807, 2.05) is 35.6 Å². The standard InChI is InChI=1S/C14H20N2O3S/c1-10(2)15(8-13(17)18)14(19)16(12-3-4-12)7-11-5-6-20-9-11/h5-6,9-10,12H,3-4,7-8H2,1-2H3,(H,17,18). The van der Waals surface area contributed by atoms with Crippen molar-refractivity contribution in [3.8, 4) is 0 Å². The molecule has 1 N–H and O–H groups in total. The summed E-state index contributed by atoms with van der Waals surface area (Å²) in [6, 6.07) is 1.97. The molecule has 0 unspecified atom stereocenters. The highest BCUT2D eigenvalue weighted by molar-refractivity contribution is 7.07. The van der Waals surface area contributed by atoms with E-state index in [-0.39, 0.29) is 24.7 Å². The normalized spacial score (nSPS) is 14.3. The van der Waals surface area contributed by atoms with E-state index >= 15 is 0 Å². The molecule has 2 amide bonds. The molecule has 1 aromatic heterocycles. The van der Waals surface area contributed by atoms with Crippen molar-refractivity contribution in [1.29, 1.82) is 0 Å². The molecule has 1 heterocycles. The zero-order valence-electron chi connectivity index (χ0n) is 11.8. The lowest BCUT2D eigenvalue weighted by molar-refractivity contribution is -0.138. The van der Waals surface area contributed by atoms with Gasteiger partial charge in [0.25, 0.3) is 0 Å². The summed E-state index contributed by atoms with van der Waals surface area (Å²) in [6.07, 6.45) is 2.02. The predicted octanol–water partition coefficient (Wildman–Crippen LogP) is 2.63. The molecule has 5 nitrogen and oxygen atoms in total. The van der Waals surface area contributed by atoms with Crippen LogP contribution in [0.4, 0.5) is 4.79 Å². The van der Waals surface area contributed by atoms with Gasteiger partial charge in [-0.2, -0.15) is 11.3 Å². The van der Waals surface area contributed by atoms with Gasteiger partial charge in [-0.25, -0.2) is 4.79 Å². The fraction of sp³-hybridized carbons (Fsp3) is 0.571. The van der Waals surface area contributed by atoms with Gasteiger partial charge in [-0.1, -0.05) is 0 Å². The Labute approximate surface area is 122 Å². The number of carboxylic acid groups (broad SMARTS) is 1. The quantitative estimate of drug-likeness (QED) is 0.878. The van der Waals surface area contributed by atoms with Crippen LogP contribution in [0.25, 0.3) is 0 Å². The van der Waals surface area contributed by atoms with Crippen LogP contribution in [0.2, 0.25) is 0 Å². The number of hydrogen-bond acceptors (Lipinski definition) is 3. The molecule has 1 aliphatic rings. The molecule has 2 rings (SSSR count). The highest BCUT2D eigenvalue weighted by Gasteiger charge is 2.36. The maximum Gasteiger partial charge on any atom is 0.323 e. The van der Waals surface area contributed by atoms with Crippen molar-refractivity contribution in [2.75, 3.05) is 6.54 Å². The molecule has 0 aromatic carbocycles. The van der Waals surface area contributed by atoms with Crippen LogP contribution in [0.5, 0.6) is 0 Å². The van der Waals surface area contributed by atoms with Crippen LogP contribution in [0.1, 0.15) is 32.3 Å². The highest BCUT2D eigenvalue weighted by Crippen LogP contribution is 2.30. The second-order valence-electron chi connectivity index (χ2n) is 5.39. The van der Waals surface area contributed by atoms with Gasteiger partial charge in [0, 0.05) is 18.6 Å². The first kappa shape index (κ1) is 14.8. The molecule has 1 saturated carbocycles. The van der Waals surface area contributed by atoms with E-state index in [1.54, 1.807) is 11.3 Å². The Hall–Kier alpha value is -1.56. The number of carbonyl (C=O) groups excluding carboxylic acids is 1. The number of carbonyl (C=O) groups is 2. The zero-order valence-corrected chi connectivity index (χ0v) is 12.6. The number of aliphatic carboxylic acids is 1. The van der Waals surface area contributed by atoms with Crippen molar-refractivity contribution >= 4 is 23.3 Å². The predicted molar refractivity (Wildman–Crippen MR) is 77.8 cm³/mol. The molecule has 0 radical (unpaired) electrons. The van der Waals surface area contributed by atoms with E-state index in [0.29, 0.717) is 6.54 Å². The van der Waals surface area contributed by atoms with Gasteiger partial charge in [-0.15, -0.1) is 0 Å². The number of nitrogens with zero attached hydrogens (tertiary/aromatic N) is 2. The van der Waals surface area contributed by atoms with Crippen molar-refractivity contribution in [1.82, 2.24) is 9.80 Å². The van der Waals surface area contributed by atoms with Crippen LogP contribution in [-0.4, -0.2) is 45.5 Å². The van der Waals surface area contributed by atoms with E-state index in [4.69, 9.17) is 5.11 Å². The minimum atomic E-state index is -0.974. The van der Waals surface area contributed by atoms with E-state index in [9.17, 15) is 9.59 Å². The summed E-state index contributed by atoms with van der Waals surface area (Å²) in [5, 5.41) is 13.0. The summed E-state index contributed by atoms with van der Waals surface area (Å²) in [7, 11) is 0. The van der Waals surface area contributed by atoms with Crippen LogP contribution < -0.4 is 0 Å². The minimum Gasteiger partial charge on any atom is -0.480 e. The Morgan fingerprint density at radius 2 is 2.15 bits per heavy atom. The Morgan fingerprint density at radius 1 is 1.45 bits per heavy atom. The Balaban J connectivity index is 2.10. The molecule has 0 bridgehead atoms. The fourth-order valence-corrected chi connectivity index (χ4v) is 2.76. The summed E-state index contributed by atoms with van der Waals surface area (Å²) in [6.45, 7) is 4.01. The van der Waals surface area contributed by atoms with Crippen molar-refractivity contribution in [2.24, 2.45) is 0 Å². The molecule has 110 valence electrons. The molecule has 20 heavy (non-hydrogen) atoms.